The number of carbonyl (C=O) groups excluding carboxylic acids is 1. The van der Waals surface area contributed by atoms with Crippen molar-refractivity contribution in [3.8, 4) is 5.75 Å². The van der Waals surface area contributed by atoms with E-state index < -0.39 is 0 Å². The molecular weight excluding hydrogens is 476 g/mol. The summed E-state index contributed by atoms with van der Waals surface area (Å²) in [6.07, 6.45) is 23.1. The zero-order chi connectivity index (χ0) is 24.0. The lowest BCUT2D eigenvalue weighted by Crippen LogP contribution is -2.17. The van der Waals surface area contributed by atoms with Crippen LogP contribution in [0.5, 0.6) is 5.75 Å². The molecule has 33 heavy (non-hydrogen) atoms. The standard InChI is InChI=1S/C28H47BrN2O2/c1-3-5-6-7-8-9-10-11-12-13-14-15-16-17-18-19-28(32)31-30-24-25-23-26(29)20-21-27(25)33-22-4-2/h20-21,23-24H,3-19,22H2,1-2H3,(H,31,32)/b30-24+. The third-order valence-electron chi connectivity index (χ3n) is 5.83. The van der Waals surface area contributed by atoms with Crippen LogP contribution in [0.2, 0.25) is 0 Å². The number of nitrogens with zero attached hydrogens (tertiary/aromatic N) is 1. The highest BCUT2D eigenvalue weighted by molar-refractivity contribution is 9.10. The maximum absolute atomic E-state index is 12.0. The first-order valence-electron chi connectivity index (χ1n) is 13.4. The van der Waals surface area contributed by atoms with Crippen LogP contribution in [-0.4, -0.2) is 18.7 Å². The van der Waals surface area contributed by atoms with Crippen LogP contribution in [-0.2, 0) is 4.79 Å². The first kappa shape index (κ1) is 29.7. The van der Waals surface area contributed by atoms with Crippen LogP contribution < -0.4 is 10.2 Å². The van der Waals surface area contributed by atoms with Crippen molar-refractivity contribution < 1.29 is 9.53 Å². The predicted molar refractivity (Wildman–Crippen MR) is 145 cm³/mol. The second kappa shape index (κ2) is 21.2. The number of rotatable bonds is 21. The zero-order valence-corrected chi connectivity index (χ0v) is 22.8. The molecule has 0 bridgehead atoms. The molecule has 1 N–H and O–H groups in total. The van der Waals surface area contributed by atoms with Crippen molar-refractivity contribution >= 4 is 28.1 Å². The number of hydrogen-bond acceptors (Lipinski definition) is 3. The largest absolute Gasteiger partial charge is 0.493 e. The van der Waals surface area contributed by atoms with Crippen LogP contribution in [0.1, 0.15) is 129 Å². The average Bonchev–Trinajstić information content (AvgIpc) is 2.81. The van der Waals surface area contributed by atoms with Gasteiger partial charge in [0.1, 0.15) is 5.75 Å². The van der Waals surface area contributed by atoms with Crippen LogP contribution in [0.3, 0.4) is 0 Å². The maximum atomic E-state index is 12.0. The molecule has 0 aliphatic carbocycles. The van der Waals surface area contributed by atoms with Gasteiger partial charge in [-0.25, -0.2) is 5.43 Å². The topological polar surface area (TPSA) is 50.7 Å². The summed E-state index contributed by atoms with van der Waals surface area (Å²) in [6.45, 7) is 5.01. The molecule has 0 aliphatic rings. The van der Waals surface area contributed by atoms with Crippen LogP contribution in [0, 0.1) is 0 Å². The third-order valence-corrected chi connectivity index (χ3v) is 6.33. The van der Waals surface area contributed by atoms with Gasteiger partial charge >= 0.3 is 0 Å². The van der Waals surface area contributed by atoms with Gasteiger partial charge < -0.3 is 4.74 Å². The normalized spacial score (nSPS) is 11.2. The van der Waals surface area contributed by atoms with Crippen molar-refractivity contribution in [2.24, 2.45) is 5.10 Å². The van der Waals surface area contributed by atoms with Gasteiger partial charge in [-0.05, 0) is 31.0 Å². The van der Waals surface area contributed by atoms with Gasteiger partial charge in [0.15, 0.2) is 0 Å². The van der Waals surface area contributed by atoms with Crippen molar-refractivity contribution in [2.75, 3.05) is 6.61 Å². The molecule has 188 valence electrons. The summed E-state index contributed by atoms with van der Waals surface area (Å²) in [5.41, 5.74) is 3.50. The Balaban J connectivity index is 2.00. The number of nitrogens with one attached hydrogen (secondary N) is 1. The summed E-state index contributed by atoms with van der Waals surface area (Å²) in [6, 6.07) is 5.80. The quantitative estimate of drug-likeness (QED) is 0.0993. The fourth-order valence-electron chi connectivity index (χ4n) is 3.85. The number of benzene rings is 1. The summed E-state index contributed by atoms with van der Waals surface area (Å²) in [7, 11) is 0. The van der Waals surface area contributed by atoms with Crippen LogP contribution >= 0.6 is 15.9 Å². The van der Waals surface area contributed by atoms with E-state index in [0.717, 1.165) is 35.0 Å². The zero-order valence-electron chi connectivity index (χ0n) is 21.2. The first-order valence-corrected chi connectivity index (χ1v) is 14.2. The van der Waals surface area contributed by atoms with Gasteiger partial charge in [0.05, 0.1) is 12.8 Å². The number of ether oxygens (including phenoxy) is 1. The van der Waals surface area contributed by atoms with E-state index in [1.54, 1.807) is 6.21 Å². The van der Waals surface area contributed by atoms with E-state index in [0.29, 0.717) is 13.0 Å². The number of hydrogen-bond donors (Lipinski definition) is 1. The Kier molecular flexibility index (Phi) is 19.1. The van der Waals surface area contributed by atoms with E-state index in [1.165, 1.54) is 83.5 Å². The lowest BCUT2D eigenvalue weighted by atomic mass is 10.0. The molecule has 0 saturated heterocycles. The SMILES string of the molecule is CCCCCCCCCCCCCCCCCC(=O)N/N=C/c1cc(Br)ccc1OCCC. The molecule has 0 aromatic heterocycles. The minimum Gasteiger partial charge on any atom is -0.493 e. The molecule has 0 fully saturated rings. The molecule has 0 aliphatic heterocycles. The summed E-state index contributed by atoms with van der Waals surface area (Å²) in [5, 5.41) is 4.11. The highest BCUT2D eigenvalue weighted by Crippen LogP contribution is 2.22. The summed E-state index contributed by atoms with van der Waals surface area (Å²) in [5.74, 6) is 0.757. The van der Waals surface area contributed by atoms with E-state index in [9.17, 15) is 4.79 Å². The van der Waals surface area contributed by atoms with Gasteiger partial charge in [0.25, 0.3) is 0 Å². The summed E-state index contributed by atoms with van der Waals surface area (Å²) in [4.78, 5) is 12.0. The molecule has 1 aromatic rings. The van der Waals surface area contributed by atoms with E-state index in [1.807, 2.05) is 18.2 Å². The van der Waals surface area contributed by atoms with Gasteiger partial charge in [-0.15, -0.1) is 0 Å². The van der Waals surface area contributed by atoms with E-state index in [-0.39, 0.29) is 5.91 Å². The second-order valence-corrected chi connectivity index (χ2v) is 9.94. The van der Waals surface area contributed by atoms with Gasteiger partial charge in [-0.3, -0.25) is 4.79 Å². The van der Waals surface area contributed by atoms with Gasteiger partial charge in [-0.2, -0.15) is 5.10 Å². The Morgan fingerprint density at radius 2 is 1.39 bits per heavy atom. The molecule has 0 saturated carbocycles. The highest BCUT2D eigenvalue weighted by atomic mass is 79.9. The molecule has 0 spiro atoms. The van der Waals surface area contributed by atoms with Crippen LogP contribution in [0.15, 0.2) is 27.8 Å². The second-order valence-electron chi connectivity index (χ2n) is 9.02. The molecule has 4 nitrogen and oxygen atoms in total. The lowest BCUT2D eigenvalue weighted by molar-refractivity contribution is -0.121. The van der Waals surface area contributed by atoms with Crippen molar-refractivity contribution in [1.82, 2.24) is 5.43 Å². The van der Waals surface area contributed by atoms with E-state index in [2.05, 4.69) is 40.3 Å². The number of amides is 1. The minimum atomic E-state index is -0.0213. The molecule has 0 heterocycles. The maximum Gasteiger partial charge on any atom is 0.240 e. The molecule has 5 heteroatoms. The highest BCUT2D eigenvalue weighted by Gasteiger charge is 2.04. The Morgan fingerprint density at radius 1 is 0.848 bits per heavy atom. The Hall–Kier alpha value is -1.36. The summed E-state index contributed by atoms with van der Waals surface area (Å²) >= 11 is 3.47. The number of carbonyl (C=O) groups is 1. The lowest BCUT2D eigenvalue weighted by Gasteiger charge is -2.08. The molecule has 0 unspecified atom stereocenters. The van der Waals surface area contributed by atoms with Crippen LogP contribution in [0.25, 0.3) is 0 Å². The fourth-order valence-corrected chi connectivity index (χ4v) is 4.23. The Bertz CT molecular complexity index is 649. The first-order chi connectivity index (χ1) is 16.2. The Labute approximate surface area is 211 Å². The van der Waals surface area contributed by atoms with Crippen molar-refractivity contribution in [3.05, 3.63) is 28.2 Å². The molecule has 0 radical (unpaired) electrons. The van der Waals surface area contributed by atoms with Crippen molar-refractivity contribution in [1.29, 1.82) is 0 Å². The molecule has 1 rings (SSSR count). The number of unbranched alkanes of at least 4 members (excludes halogenated alkanes) is 14. The Morgan fingerprint density at radius 3 is 1.94 bits per heavy atom. The summed E-state index contributed by atoms with van der Waals surface area (Å²) < 4.78 is 6.69. The monoisotopic (exact) mass is 522 g/mol. The van der Waals surface area contributed by atoms with Gasteiger partial charge in [0, 0.05) is 16.5 Å². The molecule has 1 amide bonds. The molecule has 0 atom stereocenters. The predicted octanol–water partition coefficient (Wildman–Crippen LogP) is 8.95. The van der Waals surface area contributed by atoms with Crippen molar-refractivity contribution in [3.63, 3.8) is 0 Å². The molecule has 1 aromatic carbocycles. The molecular formula is C28H47BrN2O2. The third kappa shape index (κ3) is 16.8. The van der Waals surface area contributed by atoms with E-state index >= 15 is 0 Å². The number of halogens is 1. The van der Waals surface area contributed by atoms with E-state index in [4.69, 9.17) is 4.74 Å². The van der Waals surface area contributed by atoms with Crippen LogP contribution in [0.4, 0.5) is 0 Å². The average molecular weight is 524 g/mol. The fraction of sp³-hybridized carbons (Fsp3) is 0.714. The van der Waals surface area contributed by atoms with Crippen molar-refractivity contribution in [2.45, 2.75) is 123 Å². The smallest absolute Gasteiger partial charge is 0.240 e. The van der Waals surface area contributed by atoms with Gasteiger partial charge in [0.2, 0.25) is 5.91 Å². The number of hydrazone groups is 1. The van der Waals surface area contributed by atoms with Gasteiger partial charge in [-0.1, -0.05) is 120 Å². The minimum absolute atomic E-state index is 0.0213.